The van der Waals surface area contributed by atoms with Gasteiger partial charge in [0.1, 0.15) is 43.7 Å². The van der Waals surface area contributed by atoms with Crippen molar-refractivity contribution in [3.05, 3.63) is 166 Å². The summed E-state index contributed by atoms with van der Waals surface area (Å²) in [6.45, 7) is 1.66. The number of rotatable bonds is 7. The van der Waals surface area contributed by atoms with Crippen molar-refractivity contribution in [3.8, 4) is 17.1 Å². The Bertz CT molecular complexity index is 3540. The van der Waals surface area contributed by atoms with Crippen LogP contribution in [-0.4, -0.2) is 87.5 Å². The largest absolute Gasteiger partial charge is 1.00 e. The van der Waals surface area contributed by atoms with Crippen LogP contribution in [0.3, 0.4) is 0 Å². The zero-order chi connectivity index (χ0) is 48.3. The summed E-state index contributed by atoms with van der Waals surface area (Å²) in [7, 11) is 7.07. The van der Waals surface area contributed by atoms with Crippen molar-refractivity contribution in [2.24, 2.45) is 0 Å². The fourth-order valence-corrected chi connectivity index (χ4v) is 9.21. The SMILES string of the molecule is COC(=O)c1[c-]c2ncsc2n(-c2ccc(F)cc2)c1=O.COC(=O)c1c(C)c2ncsc2n(-c2ccc(F)cc2)c1=O.COC(=O)c1c(N(C)C)c2ncsc2n(-c2ccc(F)cc2)c1=O.[Na+].[OH-]. The maximum absolute atomic E-state index is 13.2. The molecule has 0 aliphatic carbocycles. The molecule has 3 aromatic carbocycles. The molecule has 0 unspecified atom stereocenters. The molecule has 0 radical (unpaired) electrons. The van der Waals surface area contributed by atoms with E-state index in [2.05, 4.69) is 25.8 Å². The molecule has 0 aliphatic heterocycles. The van der Waals surface area contributed by atoms with Gasteiger partial charge in [-0.25, -0.2) is 32.7 Å². The van der Waals surface area contributed by atoms with Crippen LogP contribution in [0.25, 0.3) is 48.1 Å². The molecule has 0 atom stereocenters. The van der Waals surface area contributed by atoms with E-state index in [1.54, 1.807) is 42.5 Å². The molecule has 6 heterocycles. The van der Waals surface area contributed by atoms with Crippen LogP contribution in [0.15, 0.2) is 104 Å². The zero-order valence-electron chi connectivity index (χ0n) is 37.3. The Morgan fingerprint density at radius 2 is 0.942 bits per heavy atom. The Morgan fingerprint density at radius 1 is 0.565 bits per heavy atom. The third-order valence-electron chi connectivity index (χ3n) is 9.81. The number of methoxy groups -OCH3 is 3. The molecule has 1 N–H and O–H groups in total. The summed E-state index contributed by atoms with van der Waals surface area (Å²) in [6, 6.07) is 19.0. The summed E-state index contributed by atoms with van der Waals surface area (Å²) in [5.41, 5.74) is 6.38. The van der Waals surface area contributed by atoms with Gasteiger partial charge in [-0.05, 0) is 90.8 Å². The molecule has 0 bridgehead atoms. The average Bonchev–Trinajstić information content (AvgIpc) is 4.12. The molecule has 9 rings (SSSR count). The van der Waals surface area contributed by atoms with Crippen molar-refractivity contribution in [3.63, 3.8) is 0 Å². The second-order valence-corrected chi connectivity index (χ2v) is 16.5. The quantitative estimate of drug-likeness (QED) is 0.0951. The van der Waals surface area contributed by atoms with Crippen LogP contribution in [0.2, 0.25) is 0 Å². The van der Waals surface area contributed by atoms with Crippen LogP contribution in [0.4, 0.5) is 18.9 Å². The van der Waals surface area contributed by atoms with E-state index in [1.165, 1.54) is 142 Å². The Labute approximate surface area is 421 Å². The number of thiazole rings is 3. The minimum absolute atomic E-state index is 0. The monoisotopic (exact) mass is 1010 g/mol. The van der Waals surface area contributed by atoms with Gasteiger partial charge < -0.3 is 38.7 Å². The van der Waals surface area contributed by atoms with Crippen LogP contribution in [0.1, 0.15) is 36.6 Å². The number of fused-ring (bicyclic) bond motifs is 3. The fourth-order valence-electron chi connectivity index (χ4n) is 6.76. The van der Waals surface area contributed by atoms with Crippen molar-refractivity contribution < 1.29 is 76.8 Å². The number of hydrogen-bond donors (Lipinski definition) is 0. The molecular weight excluding hydrogens is 975 g/mol. The third-order valence-corrected chi connectivity index (χ3v) is 12.2. The molecule has 0 fully saturated rings. The van der Waals surface area contributed by atoms with Gasteiger partial charge in [-0.15, -0.1) is 28.7 Å². The van der Waals surface area contributed by atoms with E-state index in [4.69, 9.17) is 9.47 Å². The Kier molecular flexibility index (Phi) is 17.3. The molecule has 0 amide bonds. The number of ether oxygens (including phenoxy) is 3. The van der Waals surface area contributed by atoms with Gasteiger partial charge in [0.15, 0.2) is 11.1 Å². The Hall–Kier alpha value is -6.86. The van der Waals surface area contributed by atoms with Gasteiger partial charge in [0.2, 0.25) is 0 Å². The molecule has 0 saturated heterocycles. The molecule has 24 heteroatoms. The predicted molar refractivity (Wildman–Crippen MR) is 249 cm³/mol. The molecule has 17 nitrogen and oxygen atoms in total. The number of pyridine rings is 3. The second kappa shape index (κ2) is 22.5. The Morgan fingerprint density at radius 3 is 1.39 bits per heavy atom. The van der Waals surface area contributed by atoms with E-state index in [0.29, 0.717) is 59.4 Å². The first-order chi connectivity index (χ1) is 32.1. The standard InChI is InChI=1S/C16H14FN3O3S.C15H11FN2O3S.C14H8FN2O3S.Na.H2O/c1-19(2)13-11(16(22)23-3)14(21)20(15-12(13)18-8-24-15)10-6-4-9(17)5-7-10;1-8-11(15(20)21-2)13(19)18(14-12(8)17-7-22-14)10-5-3-9(16)4-6-10;1-20-14(19)10-6-11-13(21-7-16-11)17(12(10)18)9-4-2-8(15)3-5-9;;/h4-8H,1-3H3;3-7H,1-2H3;2-5,7H,1H3;;1H2/q;;-1;+1;/p-1. The number of nitrogens with zero attached hydrogens (tertiary/aromatic N) is 7. The van der Waals surface area contributed by atoms with Crippen molar-refractivity contribution in [1.29, 1.82) is 0 Å². The van der Waals surface area contributed by atoms with Crippen molar-refractivity contribution in [2.75, 3.05) is 40.3 Å². The van der Waals surface area contributed by atoms with E-state index < -0.39 is 52.0 Å². The maximum Gasteiger partial charge on any atom is 1.00 e. The molecule has 69 heavy (non-hydrogen) atoms. The Balaban J connectivity index is 0.000000191. The van der Waals surface area contributed by atoms with Gasteiger partial charge in [0.05, 0.1) is 54.9 Å². The summed E-state index contributed by atoms with van der Waals surface area (Å²) in [5.74, 6) is -3.47. The smallest absolute Gasteiger partial charge is 0.870 e. The summed E-state index contributed by atoms with van der Waals surface area (Å²) in [5, 5.41) is 0. The van der Waals surface area contributed by atoms with Crippen LogP contribution < -0.4 is 51.1 Å². The van der Waals surface area contributed by atoms with Gasteiger partial charge >= 0.3 is 41.5 Å². The first kappa shape index (κ1) is 53.1. The van der Waals surface area contributed by atoms with Gasteiger partial charge in [0.25, 0.3) is 17.1 Å². The number of aromatic nitrogens is 6. The predicted octanol–water partition coefficient (Wildman–Crippen LogP) is 4.12. The molecule has 6 aromatic heterocycles. The van der Waals surface area contributed by atoms with E-state index in [-0.39, 0.29) is 51.7 Å². The molecule has 0 spiro atoms. The van der Waals surface area contributed by atoms with E-state index >= 15 is 0 Å². The van der Waals surface area contributed by atoms with E-state index in [0.717, 1.165) is 0 Å². The molecule has 0 saturated carbocycles. The van der Waals surface area contributed by atoms with Crippen LogP contribution >= 0.6 is 34.0 Å². The van der Waals surface area contributed by atoms with E-state index in [9.17, 15) is 41.9 Å². The van der Waals surface area contributed by atoms with Crippen molar-refractivity contribution in [2.45, 2.75) is 6.92 Å². The summed E-state index contributed by atoms with van der Waals surface area (Å²) >= 11 is 3.77. The number of anilines is 1. The molecular formula is C45H34F3N7NaO10S3-. The minimum Gasteiger partial charge on any atom is -0.870 e. The minimum atomic E-state index is -0.786. The number of aryl methyl sites for hydroxylation is 1. The average molecular weight is 1010 g/mol. The fraction of sp³-hybridized carbons (Fsp3) is 0.133. The maximum atomic E-state index is 13.2. The number of carbonyl (C=O) groups excluding carboxylic acids is 3. The summed E-state index contributed by atoms with van der Waals surface area (Å²) < 4.78 is 57.4. The first-order valence-electron chi connectivity index (χ1n) is 19.2. The summed E-state index contributed by atoms with van der Waals surface area (Å²) in [6.07, 6.45) is 0. The number of benzene rings is 3. The number of hydrogen-bond acceptors (Lipinski definition) is 17. The number of esters is 3. The van der Waals surface area contributed by atoms with Crippen LogP contribution in [0.5, 0.6) is 0 Å². The number of halogens is 3. The van der Waals surface area contributed by atoms with Crippen molar-refractivity contribution in [1.82, 2.24) is 28.7 Å². The second-order valence-electron chi connectivity index (χ2n) is 14.0. The van der Waals surface area contributed by atoms with Gasteiger partial charge in [-0.2, -0.15) is 11.3 Å². The van der Waals surface area contributed by atoms with Crippen LogP contribution in [0, 0.1) is 30.4 Å². The number of carbonyl (C=O) groups is 3. The summed E-state index contributed by atoms with van der Waals surface area (Å²) in [4.78, 5) is 90.0. The van der Waals surface area contributed by atoms with Gasteiger partial charge in [0, 0.05) is 30.1 Å². The first-order valence-corrected chi connectivity index (χ1v) is 21.9. The van der Waals surface area contributed by atoms with Gasteiger partial charge in [-0.1, -0.05) is 0 Å². The van der Waals surface area contributed by atoms with Crippen LogP contribution in [-0.2, 0) is 14.2 Å². The van der Waals surface area contributed by atoms with Crippen molar-refractivity contribution >= 4 is 88.6 Å². The van der Waals surface area contributed by atoms with Gasteiger partial charge in [-0.3, -0.25) is 23.7 Å². The molecule has 9 aromatic rings. The molecule has 0 aliphatic rings. The zero-order valence-corrected chi connectivity index (χ0v) is 41.7. The normalized spacial score (nSPS) is 10.5. The topological polar surface area (TPSA) is 217 Å². The third kappa shape index (κ3) is 10.4. The molecule has 350 valence electrons. The van der Waals surface area contributed by atoms with E-state index in [1.807, 2.05) is 0 Å².